The number of alkyl halides is 2. The molecule has 0 aromatic rings. The van der Waals surface area contributed by atoms with E-state index in [-0.39, 0.29) is 21.7 Å². The fraction of sp³-hybridized carbons (Fsp3) is 0.556. The van der Waals surface area contributed by atoms with Gasteiger partial charge in [0, 0.05) is 21.7 Å². The van der Waals surface area contributed by atoms with Crippen LogP contribution in [0.1, 0.15) is 25.7 Å². The summed E-state index contributed by atoms with van der Waals surface area (Å²) in [4.78, 5) is 0. The Morgan fingerprint density at radius 3 is 2.50 bits per heavy atom. The fourth-order valence-corrected chi connectivity index (χ4v) is 2.36. The maximum atomic E-state index is 6.06. The average Bonchev–Trinajstić information content (AvgIpc) is 2.29. The molecule has 0 N–H and O–H groups in total. The van der Waals surface area contributed by atoms with E-state index in [1.165, 1.54) is 24.0 Å². The summed E-state index contributed by atoms with van der Waals surface area (Å²) in [6, 6.07) is 0. The topological polar surface area (TPSA) is 0 Å². The van der Waals surface area contributed by atoms with Gasteiger partial charge < -0.3 is 0 Å². The first-order valence-electron chi connectivity index (χ1n) is 4.00. The Balaban J connectivity index is 0.000000720. The molecule has 0 saturated heterocycles. The van der Waals surface area contributed by atoms with Crippen LogP contribution in [-0.4, -0.2) is 4.33 Å². The summed E-state index contributed by atoms with van der Waals surface area (Å²) in [6.45, 7) is 0. The molecule has 0 saturated carbocycles. The molecule has 0 aromatic heterocycles. The van der Waals surface area contributed by atoms with Crippen molar-refractivity contribution in [2.45, 2.75) is 30.0 Å². The second kappa shape index (κ2) is 3.88. The van der Waals surface area contributed by atoms with Gasteiger partial charge in [0.25, 0.3) is 0 Å². The summed E-state index contributed by atoms with van der Waals surface area (Å²) in [5.41, 5.74) is 2.62. The van der Waals surface area contributed by atoms with Gasteiger partial charge >= 0.3 is 0 Å². The molecule has 0 aliphatic heterocycles. The SMILES string of the molecule is ClC1(Cl)C=CC2=C1CCCC2.[Ti]. The zero-order valence-corrected chi connectivity index (χ0v) is 9.81. The van der Waals surface area contributed by atoms with E-state index in [1.54, 1.807) is 0 Å². The van der Waals surface area contributed by atoms with E-state index >= 15 is 0 Å². The van der Waals surface area contributed by atoms with Crippen LogP contribution in [0.25, 0.3) is 0 Å². The summed E-state index contributed by atoms with van der Waals surface area (Å²) < 4.78 is -0.671. The van der Waals surface area contributed by atoms with Crippen molar-refractivity contribution in [1.82, 2.24) is 0 Å². The van der Waals surface area contributed by atoms with Crippen molar-refractivity contribution in [2.24, 2.45) is 0 Å². The summed E-state index contributed by atoms with van der Waals surface area (Å²) >= 11 is 12.1. The van der Waals surface area contributed by atoms with E-state index in [0.29, 0.717) is 0 Å². The Kier molecular flexibility index (Phi) is 3.51. The zero-order valence-electron chi connectivity index (χ0n) is 6.74. The second-order valence-corrected chi connectivity index (χ2v) is 4.55. The molecule has 0 bridgehead atoms. The molecule has 0 amide bonds. The van der Waals surface area contributed by atoms with E-state index in [2.05, 4.69) is 6.08 Å². The standard InChI is InChI=1S/C9H10Cl2.Ti/c10-9(11)6-5-7-3-1-2-4-8(7)9;/h5-6H,1-4H2;. The van der Waals surface area contributed by atoms with E-state index in [0.717, 1.165) is 12.8 Å². The molecule has 0 heterocycles. The first-order valence-corrected chi connectivity index (χ1v) is 4.75. The minimum atomic E-state index is -0.671. The molecule has 0 spiro atoms. The van der Waals surface area contributed by atoms with Crippen molar-refractivity contribution in [3.05, 3.63) is 23.3 Å². The monoisotopic (exact) mass is 236 g/mol. The predicted molar refractivity (Wildman–Crippen MR) is 49.1 cm³/mol. The second-order valence-electron chi connectivity index (χ2n) is 3.17. The molecule has 0 unspecified atom stereocenters. The van der Waals surface area contributed by atoms with Crippen LogP contribution in [-0.2, 0) is 21.7 Å². The molecule has 64 valence electrons. The molecule has 2 aliphatic rings. The van der Waals surface area contributed by atoms with E-state index < -0.39 is 4.33 Å². The molecule has 2 aliphatic carbocycles. The van der Waals surface area contributed by atoms with Crippen molar-refractivity contribution in [3.8, 4) is 0 Å². The van der Waals surface area contributed by atoms with Crippen molar-refractivity contribution in [3.63, 3.8) is 0 Å². The van der Waals surface area contributed by atoms with E-state index in [9.17, 15) is 0 Å². The predicted octanol–water partition coefficient (Wildman–Crippen LogP) is 3.60. The van der Waals surface area contributed by atoms with Gasteiger partial charge in [0.2, 0.25) is 0 Å². The third-order valence-electron chi connectivity index (χ3n) is 2.41. The van der Waals surface area contributed by atoms with Crippen LogP contribution in [0.5, 0.6) is 0 Å². The minimum absolute atomic E-state index is 0. The Hall–Kier alpha value is 0.774. The van der Waals surface area contributed by atoms with E-state index in [4.69, 9.17) is 23.2 Å². The molecular formula is C9H10Cl2Ti. The molecular weight excluding hydrogens is 227 g/mol. The van der Waals surface area contributed by atoms with Crippen molar-refractivity contribution in [2.75, 3.05) is 0 Å². The minimum Gasteiger partial charge on any atom is -0.0919 e. The van der Waals surface area contributed by atoms with Crippen LogP contribution in [0.15, 0.2) is 23.3 Å². The van der Waals surface area contributed by atoms with Gasteiger partial charge in [-0.2, -0.15) is 0 Å². The molecule has 0 atom stereocenters. The van der Waals surface area contributed by atoms with Gasteiger partial charge in [-0.15, -0.1) is 0 Å². The first-order chi connectivity index (χ1) is 5.20. The quantitative estimate of drug-likeness (QED) is 0.446. The smallest absolute Gasteiger partial charge is 0.0919 e. The molecule has 2 rings (SSSR count). The number of hydrogen-bond acceptors (Lipinski definition) is 0. The molecule has 0 aromatic carbocycles. The summed E-state index contributed by atoms with van der Waals surface area (Å²) in [7, 11) is 0. The molecule has 0 nitrogen and oxygen atoms in total. The van der Waals surface area contributed by atoms with Crippen molar-refractivity contribution in [1.29, 1.82) is 0 Å². The van der Waals surface area contributed by atoms with Gasteiger partial charge in [-0.25, -0.2) is 0 Å². The Morgan fingerprint density at radius 2 is 1.83 bits per heavy atom. The van der Waals surface area contributed by atoms with Gasteiger partial charge in [0.1, 0.15) is 0 Å². The molecule has 0 fully saturated rings. The number of hydrogen-bond donors (Lipinski definition) is 0. The van der Waals surface area contributed by atoms with Crippen LogP contribution >= 0.6 is 23.2 Å². The Morgan fingerprint density at radius 1 is 1.17 bits per heavy atom. The number of allylic oxidation sites excluding steroid dienone is 4. The Labute approximate surface area is 97.9 Å². The maximum Gasteiger partial charge on any atom is 0.158 e. The van der Waals surface area contributed by atoms with Gasteiger partial charge in [-0.3, -0.25) is 0 Å². The third kappa shape index (κ3) is 1.82. The number of halogens is 2. The van der Waals surface area contributed by atoms with Crippen LogP contribution < -0.4 is 0 Å². The normalized spacial score (nSPS) is 25.2. The number of rotatable bonds is 0. The van der Waals surface area contributed by atoms with E-state index in [1.807, 2.05) is 6.08 Å². The zero-order chi connectivity index (χ0) is 7.90. The van der Waals surface area contributed by atoms with Crippen molar-refractivity contribution < 1.29 is 21.7 Å². The fourth-order valence-electron chi connectivity index (χ4n) is 1.80. The summed E-state index contributed by atoms with van der Waals surface area (Å²) in [6.07, 6.45) is 8.73. The first kappa shape index (κ1) is 10.9. The summed E-state index contributed by atoms with van der Waals surface area (Å²) in [5.74, 6) is 0. The van der Waals surface area contributed by atoms with Gasteiger partial charge in [0.15, 0.2) is 4.33 Å². The van der Waals surface area contributed by atoms with Crippen LogP contribution in [0, 0.1) is 0 Å². The largest absolute Gasteiger partial charge is 0.158 e. The van der Waals surface area contributed by atoms with Crippen LogP contribution in [0.4, 0.5) is 0 Å². The molecule has 0 radical (unpaired) electrons. The van der Waals surface area contributed by atoms with Gasteiger partial charge in [-0.05, 0) is 42.9 Å². The summed E-state index contributed by atoms with van der Waals surface area (Å²) in [5, 5.41) is 0. The molecule has 3 heteroatoms. The van der Waals surface area contributed by atoms with Crippen LogP contribution in [0.3, 0.4) is 0 Å². The van der Waals surface area contributed by atoms with Crippen LogP contribution in [0.2, 0.25) is 0 Å². The van der Waals surface area contributed by atoms with Crippen molar-refractivity contribution >= 4 is 23.2 Å². The van der Waals surface area contributed by atoms with Gasteiger partial charge in [-0.1, -0.05) is 29.3 Å². The Bertz CT molecular complexity index is 241. The maximum absolute atomic E-state index is 6.06. The molecule has 12 heavy (non-hydrogen) atoms. The third-order valence-corrected chi connectivity index (χ3v) is 3.11. The average molecular weight is 237 g/mol. The van der Waals surface area contributed by atoms with Gasteiger partial charge in [0.05, 0.1) is 0 Å².